The molecule has 0 spiro atoms. The van der Waals surface area contributed by atoms with E-state index in [2.05, 4.69) is 4.98 Å². The van der Waals surface area contributed by atoms with Gasteiger partial charge in [-0.25, -0.2) is 9.37 Å². The van der Waals surface area contributed by atoms with E-state index in [0.717, 1.165) is 0 Å². The maximum absolute atomic E-state index is 13.0. The number of halogens is 2. The van der Waals surface area contributed by atoms with Gasteiger partial charge in [-0.3, -0.25) is 0 Å². The molecule has 0 saturated heterocycles. The second-order valence-electron chi connectivity index (χ2n) is 4.49. The van der Waals surface area contributed by atoms with Crippen molar-refractivity contribution in [1.29, 1.82) is 0 Å². The second-order valence-corrected chi connectivity index (χ2v) is 6.03. The van der Waals surface area contributed by atoms with Crippen LogP contribution in [-0.2, 0) is 11.2 Å². The number of carboxylic acids is 1. The van der Waals surface area contributed by atoms with E-state index in [0.29, 0.717) is 21.2 Å². The minimum atomic E-state index is -1.26. The number of aliphatic carboxylic acids is 1. The van der Waals surface area contributed by atoms with Crippen molar-refractivity contribution in [3.05, 3.63) is 51.6 Å². The van der Waals surface area contributed by atoms with Crippen LogP contribution in [0.2, 0.25) is 4.34 Å². The van der Waals surface area contributed by atoms with Crippen molar-refractivity contribution in [3.63, 3.8) is 0 Å². The minimum Gasteiger partial charge on any atom is -0.550 e. The monoisotopic (exact) mass is 336 g/mol. The Bertz CT molecular complexity index is 826. The fraction of sp³-hybridized carbons (Fsp3) is 0.0667. The first-order valence-corrected chi connectivity index (χ1v) is 7.48. The van der Waals surface area contributed by atoms with E-state index in [9.17, 15) is 14.3 Å². The summed E-state index contributed by atoms with van der Waals surface area (Å²) < 4.78 is 19.2. The topological polar surface area (TPSA) is 66.2 Å². The first-order valence-electron chi connectivity index (χ1n) is 6.23. The summed E-state index contributed by atoms with van der Waals surface area (Å²) in [6.45, 7) is 0. The lowest BCUT2D eigenvalue weighted by atomic mass is 10.2. The van der Waals surface area contributed by atoms with Crippen LogP contribution in [0, 0.1) is 5.82 Å². The number of aromatic nitrogens is 1. The van der Waals surface area contributed by atoms with Crippen molar-refractivity contribution < 1.29 is 18.7 Å². The number of carbonyl (C=O) groups excluding carboxylic acids is 1. The van der Waals surface area contributed by atoms with E-state index in [1.165, 1.54) is 35.6 Å². The molecule has 3 aromatic rings. The number of hydrogen-bond donors (Lipinski definition) is 0. The number of carbonyl (C=O) groups is 1. The molecule has 0 N–H and O–H groups in total. The number of carboxylic acid groups (broad SMARTS) is 1. The van der Waals surface area contributed by atoms with Crippen LogP contribution in [0.5, 0.6) is 0 Å². The standard InChI is InChI=1S/C15H9ClFNO3S/c16-12-5-9(7-22-12)14-11(6-13(19)20)18-15(21-14)8-1-3-10(17)4-2-8/h1-5,7H,6H2,(H,19,20)/p-1. The number of nitrogens with zero attached hydrogens (tertiary/aromatic N) is 1. The van der Waals surface area contributed by atoms with Gasteiger partial charge in [0, 0.05) is 28.9 Å². The van der Waals surface area contributed by atoms with Crippen LogP contribution in [0.4, 0.5) is 4.39 Å². The molecular formula is C15H8ClFNO3S-. The molecule has 0 fully saturated rings. The summed E-state index contributed by atoms with van der Waals surface area (Å²) in [4.78, 5) is 15.1. The lowest BCUT2D eigenvalue weighted by Crippen LogP contribution is -2.24. The zero-order valence-corrected chi connectivity index (χ0v) is 12.6. The average Bonchev–Trinajstić information content (AvgIpc) is 3.05. The molecule has 4 nitrogen and oxygen atoms in total. The predicted molar refractivity (Wildman–Crippen MR) is 78.9 cm³/mol. The van der Waals surface area contributed by atoms with Gasteiger partial charge in [-0.1, -0.05) is 11.6 Å². The lowest BCUT2D eigenvalue weighted by molar-refractivity contribution is -0.304. The number of rotatable bonds is 4. The van der Waals surface area contributed by atoms with E-state index < -0.39 is 5.97 Å². The van der Waals surface area contributed by atoms with Crippen molar-refractivity contribution in [2.24, 2.45) is 0 Å². The molecule has 112 valence electrons. The van der Waals surface area contributed by atoms with Gasteiger partial charge in [0.05, 0.1) is 10.0 Å². The van der Waals surface area contributed by atoms with Gasteiger partial charge in [-0.15, -0.1) is 11.3 Å². The van der Waals surface area contributed by atoms with Gasteiger partial charge in [-0.2, -0.15) is 0 Å². The molecule has 0 amide bonds. The summed E-state index contributed by atoms with van der Waals surface area (Å²) in [5.41, 5.74) is 1.44. The smallest absolute Gasteiger partial charge is 0.227 e. The second kappa shape index (κ2) is 5.90. The third kappa shape index (κ3) is 3.03. The fourth-order valence-electron chi connectivity index (χ4n) is 1.98. The zero-order valence-electron chi connectivity index (χ0n) is 11.0. The number of oxazole rings is 1. The van der Waals surface area contributed by atoms with Crippen LogP contribution in [-0.4, -0.2) is 11.0 Å². The molecule has 22 heavy (non-hydrogen) atoms. The molecule has 2 aromatic heterocycles. The van der Waals surface area contributed by atoms with Crippen LogP contribution in [0.1, 0.15) is 5.69 Å². The molecule has 0 saturated carbocycles. The summed E-state index contributed by atoms with van der Waals surface area (Å²) in [7, 11) is 0. The Morgan fingerprint density at radius 1 is 1.32 bits per heavy atom. The van der Waals surface area contributed by atoms with Crippen molar-refractivity contribution in [1.82, 2.24) is 4.98 Å². The van der Waals surface area contributed by atoms with E-state index in [4.69, 9.17) is 16.0 Å². The molecular weight excluding hydrogens is 329 g/mol. The van der Waals surface area contributed by atoms with Gasteiger partial charge in [0.2, 0.25) is 5.89 Å². The first-order chi connectivity index (χ1) is 10.5. The highest BCUT2D eigenvalue weighted by Gasteiger charge is 2.17. The van der Waals surface area contributed by atoms with Gasteiger partial charge >= 0.3 is 0 Å². The van der Waals surface area contributed by atoms with Gasteiger partial charge in [-0.05, 0) is 30.3 Å². The summed E-state index contributed by atoms with van der Waals surface area (Å²) in [6.07, 6.45) is -0.381. The Hall–Kier alpha value is -2.18. The molecule has 3 rings (SSSR count). The Morgan fingerprint density at radius 2 is 2.05 bits per heavy atom. The van der Waals surface area contributed by atoms with Gasteiger partial charge in [0.1, 0.15) is 5.82 Å². The Kier molecular flexibility index (Phi) is 3.96. The molecule has 0 aliphatic heterocycles. The van der Waals surface area contributed by atoms with Crippen LogP contribution in [0.15, 0.2) is 40.1 Å². The summed E-state index contributed by atoms with van der Waals surface area (Å²) in [6, 6.07) is 7.24. The van der Waals surface area contributed by atoms with Crippen molar-refractivity contribution in [3.8, 4) is 22.8 Å². The highest BCUT2D eigenvalue weighted by Crippen LogP contribution is 2.34. The maximum atomic E-state index is 13.0. The maximum Gasteiger partial charge on any atom is 0.227 e. The summed E-state index contributed by atoms with van der Waals surface area (Å²) >= 11 is 7.19. The third-order valence-corrected chi connectivity index (χ3v) is 4.02. The summed E-state index contributed by atoms with van der Waals surface area (Å²) in [5, 5.41) is 12.6. The zero-order chi connectivity index (χ0) is 15.7. The Balaban J connectivity index is 2.07. The Morgan fingerprint density at radius 3 is 2.64 bits per heavy atom. The molecule has 1 aromatic carbocycles. The van der Waals surface area contributed by atoms with Crippen molar-refractivity contribution >= 4 is 28.9 Å². The highest BCUT2D eigenvalue weighted by atomic mass is 35.5. The van der Waals surface area contributed by atoms with E-state index in [1.807, 2.05) is 0 Å². The Labute approximate surface area is 133 Å². The molecule has 0 unspecified atom stereocenters. The van der Waals surface area contributed by atoms with Crippen molar-refractivity contribution in [2.75, 3.05) is 0 Å². The lowest BCUT2D eigenvalue weighted by Gasteiger charge is -1.99. The number of benzene rings is 1. The third-order valence-electron chi connectivity index (χ3n) is 2.93. The molecule has 0 atom stereocenters. The molecule has 2 heterocycles. The average molecular weight is 337 g/mol. The molecule has 0 aliphatic carbocycles. The van der Waals surface area contributed by atoms with Crippen LogP contribution < -0.4 is 5.11 Å². The first kappa shape index (κ1) is 14.7. The van der Waals surface area contributed by atoms with E-state index in [-0.39, 0.29) is 23.8 Å². The minimum absolute atomic E-state index is 0.216. The quantitative estimate of drug-likeness (QED) is 0.734. The molecule has 0 aliphatic rings. The predicted octanol–water partition coefficient (Wildman–Crippen LogP) is 3.16. The largest absolute Gasteiger partial charge is 0.550 e. The van der Waals surface area contributed by atoms with Crippen LogP contribution >= 0.6 is 22.9 Å². The van der Waals surface area contributed by atoms with Crippen molar-refractivity contribution in [2.45, 2.75) is 6.42 Å². The number of hydrogen-bond acceptors (Lipinski definition) is 5. The highest BCUT2D eigenvalue weighted by molar-refractivity contribution is 7.14. The summed E-state index contributed by atoms with van der Waals surface area (Å²) in [5.74, 6) is -1.10. The molecule has 7 heteroatoms. The molecule has 0 bridgehead atoms. The molecule has 0 radical (unpaired) electrons. The van der Waals surface area contributed by atoms with Gasteiger partial charge < -0.3 is 14.3 Å². The van der Waals surface area contributed by atoms with Crippen LogP contribution in [0.3, 0.4) is 0 Å². The van der Waals surface area contributed by atoms with E-state index in [1.54, 1.807) is 11.4 Å². The van der Waals surface area contributed by atoms with Gasteiger partial charge in [0.15, 0.2) is 5.76 Å². The number of thiophene rings is 1. The van der Waals surface area contributed by atoms with Crippen LogP contribution in [0.25, 0.3) is 22.8 Å². The van der Waals surface area contributed by atoms with Gasteiger partial charge in [0.25, 0.3) is 0 Å². The SMILES string of the molecule is O=C([O-])Cc1nc(-c2ccc(F)cc2)oc1-c1csc(Cl)c1. The fourth-order valence-corrected chi connectivity index (χ4v) is 2.84. The van der Waals surface area contributed by atoms with E-state index >= 15 is 0 Å². The normalized spacial score (nSPS) is 10.8.